The number of esters is 1. The van der Waals surface area contributed by atoms with Gasteiger partial charge in [0.05, 0.1) is 25.4 Å². The largest absolute Gasteiger partial charge is 0.469 e. The lowest BCUT2D eigenvalue weighted by Crippen LogP contribution is -2.32. The van der Waals surface area contributed by atoms with Gasteiger partial charge in [-0.05, 0) is 64.6 Å². The van der Waals surface area contributed by atoms with E-state index >= 15 is 0 Å². The maximum absolute atomic E-state index is 11.4. The Morgan fingerprint density at radius 1 is 1.00 bits per heavy atom. The Hall–Kier alpha value is -2.70. The molecule has 0 amide bonds. The van der Waals surface area contributed by atoms with E-state index in [-0.39, 0.29) is 11.9 Å². The summed E-state index contributed by atoms with van der Waals surface area (Å²) in [5.74, 6) is 1.42. The van der Waals surface area contributed by atoms with E-state index in [1.165, 1.54) is 44.2 Å². The predicted octanol–water partition coefficient (Wildman–Crippen LogP) is 6.72. The van der Waals surface area contributed by atoms with Gasteiger partial charge in [-0.25, -0.2) is 0 Å². The number of carbonyl (C=O) groups excluding carboxylic acids is 1. The average Bonchev–Trinajstić information content (AvgIpc) is 3.60. The average molecular weight is 493 g/mol. The lowest BCUT2D eigenvalue weighted by Gasteiger charge is -2.14. The summed E-state index contributed by atoms with van der Waals surface area (Å²) in [6.07, 6.45) is 1.81. The molecule has 6 heteroatoms. The highest BCUT2D eigenvalue weighted by molar-refractivity contribution is 7.17. The molecule has 4 aromatic rings. The molecule has 34 heavy (non-hydrogen) atoms. The Morgan fingerprint density at radius 3 is 2.12 bits per heavy atom. The van der Waals surface area contributed by atoms with Crippen LogP contribution in [0.1, 0.15) is 31.9 Å². The molecule has 0 saturated carbocycles. The van der Waals surface area contributed by atoms with Gasteiger partial charge >= 0.3 is 5.97 Å². The second kappa shape index (κ2) is 11.2. The highest BCUT2D eigenvalue weighted by atomic mass is 32.1. The quantitative estimate of drug-likeness (QED) is 0.304. The van der Waals surface area contributed by atoms with Crippen LogP contribution in [0.4, 0.5) is 0 Å². The minimum absolute atomic E-state index is 0.0855. The number of amidine groups is 1. The van der Waals surface area contributed by atoms with Gasteiger partial charge in [0.2, 0.25) is 0 Å². The molecule has 0 bridgehead atoms. The molecule has 0 fully saturated rings. The Labute approximate surface area is 209 Å². The fraction of sp³-hybridized carbons (Fsp3) is 0.357. The molecule has 3 atom stereocenters. The van der Waals surface area contributed by atoms with Crippen LogP contribution < -0.4 is 5.32 Å². The van der Waals surface area contributed by atoms with Crippen molar-refractivity contribution < 1.29 is 9.53 Å². The predicted molar refractivity (Wildman–Crippen MR) is 146 cm³/mol. The van der Waals surface area contributed by atoms with Gasteiger partial charge in [0, 0.05) is 21.4 Å². The fourth-order valence-corrected chi connectivity index (χ4v) is 6.20. The minimum Gasteiger partial charge on any atom is -0.469 e. The zero-order valence-electron chi connectivity index (χ0n) is 20.2. The molecular weight excluding hydrogens is 460 g/mol. The Kier molecular flexibility index (Phi) is 8.01. The number of thiophene rings is 2. The van der Waals surface area contributed by atoms with Crippen molar-refractivity contribution in [3.63, 3.8) is 0 Å². The third-order valence-electron chi connectivity index (χ3n) is 6.17. The number of fused-ring (bicyclic) bond motifs is 2. The first kappa shape index (κ1) is 24.4. The van der Waals surface area contributed by atoms with Gasteiger partial charge in [0.15, 0.2) is 0 Å². The Morgan fingerprint density at radius 2 is 1.59 bits per heavy atom. The number of aliphatic imine (C=N–C) groups is 1. The third kappa shape index (κ3) is 5.68. The minimum atomic E-state index is -0.145. The molecule has 2 aromatic carbocycles. The van der Waals surface area contributed by atoms with Crippen molar-refractivity contribution in [2.45, 2.75) is 39.7 Å². The van der Waals surface area contributed by atoms with Gasteiger partial charge in [-0.15, -0.1) is 22.7 Å². The maximum atomic E-state index is 11.4. The SMILES string of the molecule is CC1CN=C(C(C)Cc2cccc3ccsc23)N1.COC(=O)C(C)Cc1cccc2ccsc12. The van der Waals surface area contributed by atoms with E-state index in [1.54, 1.807) is 11.3 Å². The van der Waals surface area contributed by atoms with E-state index < -0.39 is 0 Å². The molecule has 4 nitrogen and oxygen atoms in total. The molecule has 3 unspecified atom stereocenters. The third-order valence-corrected chi connectivity index (χ3v) is 8.18. The number of hydrogen-bond donors (Lipinski definition) is 1. The second-order valence-electron chi connectivity index (χ2n) is 9.02. The molecule has 0 saturated heterocycles. The monoisotopic (exact) mass is 492 g/mol. The molecule has 1 aliphatic rings. The highest BCUT2D eigenvalue weighted by Gasteiger charge is 2.19. The number of methoxy groups -OCH3 is 1. The van der Waals surface area contributed by atoms with Gasteiger partial charge in [-0.3, -0.25) is 9.79 Å². The van der Waals surface area contributed by atoms with Crippen LogP contribution in [0.2, 0.25) is 0 Å². The number of hydrogen-bond acceptors (Lipinski definition) is 6. The van der Waals surface area contributed by atoms with Gasteiger partial charge in [-0.2, -0.15) is 0 Å². The van der Waals surface area contributed by atoms with Crippen molar-refractivity contribution in [3.05, 3.63) is 70.4 Å². The van der Waals surface area contributed by atoms with Crippen molar-refractivity contribution in [1.82, 2.24) is 5.32 Å². The number of rotatable bonds is 6. The first-order chi connectivity index (χ1) is 16.5. The van der Waals surface area contributed by atoms with Crippen molar-refractivity contribution in [1.29, 1.82) is 0 Å². The molecule has 0 radical (unpaired) electrons. The first-order valence-electron chi connectivity index (χ1n) is 11.7. The van der Waals surface area contributed by atoms with Crippen LogP contribution in [-0.2, 0) is 22.4 Å². The standard InChI is InChI=1S/C15H18N2S.C13H14O2S/c1-10(15-16-9-11(2)17-15)8-13-5-3-4-12-6-7-18-14(12)13;1-9(13(14)15-2)8-11-5-3-4-10-6-7-16-12(10)11/h3-7,10-11H,8-9H2,1-2H3,(H,16,17);3-7,9H,8H2,1-2H3. The Bertz CT molecular complexity index is 1290. The lowest BCUT2D eigenvalue weighted by atomic mass is 9.99. The van der Waals surface area contributed by atoms with E-state index in [4.69, 9.17) is 4.74 Å². The summed E-state index contributed by atoms with van der Waals surface area (Å²) in [4.78, 5) is 16.0. The van der Waals surface area contributed by atoms with Crippen LogP contribution in [0.25, 0.3) is 20.2 Å². The number of nitrogens with one attached hydrogen (secondary N) is 1. The van der Waals surface area contributed by atoms with E-state index in [2.05, 4.69) is 77.4 Å². The summed E-state index contributed by atoms with van der Waals surface area (Å²) in [5, 5.41) is 10.3. The van der Waals surface area contributed by atoms with Gasteiger partial charge in [0.25, 0.3) is 0 Å². The normalized spacial score (nSPS) is 16.9. The van der Waals surface area contributed by atoms with Crippen LogP contribution in [0.5, 0.6) is 0 Å². The van der Waals surface area contributed by atoms with Gasteiger partial charge in [-0.1, -0.05) is 50.2 Å². The number of nitrogens with zero attached hydrogens (tertiary/aromatic N) is 1. The van der Waals surface area contributed by atoms with Crippen molar-refractivity contribution in [2.24, 2.45) is 16.8 Å². The molecule has 2 aromatic heterocycles. The molecule has 3 heterocycles. The van der Waals surface area contributed by atoms with Crippen molar-refractivity contribution >= 4 is 54.7 Å². The summed E-state index contributed by atoms with van der Waals surface area (Å²) in [7, 11) is 1.44. The van der Waals surface area contributed by atoms with E-state index in [1.807, 2.05) is 24.3 Å². The summed E-state index contributed by atoms with van der Waals surface area (Å²) < 4.78 is 7.45. The van der Waals surface area contributed by atoms with E-state index in [0.29, 0.717) is 12.0 Å². The molecule has 1 aliphatic heterocycles. The summed E-state index contributed by atoms with van der Waals surface area (Å²) in [5.41, 5.74) is 2.67. The zero-order valence-corrected chi connectivity index (χ0v) is 21.8. The van der Waals surface area contributed by atoms with E-state index in [0.717, 1.165) is 19.4 Å². The molecule has 0 aliphatic carbocycles. The topological polar surface area (TPSA) is 50.7 Å². The maximum Gasteiger partial charge on any atom is 0.308 e. The van der Waals surface area contributed by atoms with Crippen molar-refractivity contribution in [2.75, 3.05) is 13.7 Å². The first-order valence-corrected chi connectivity index (χ1v) is 13.5. The Balaban J connectivity index is 0.000000162. The van der Waals surface area contributed by atoms with Crippen LogP contribution >= 0.6 is 22.7 Å². The number of ether oxygens (including phenoxy) is 1. The second-order valence-corrected chi connectivity index (χ2v) is 10.8. The summed E-state index contributed by atoms with van der Waals surface area (Å²) in [6, 6.07) is 17.6. The number of carbonyl (C=O) groups is 1. The molecule has 1 N–H and O–H groups in total. The van der Waals surface area contributed by atoms with Crippen LogP contribution in [0.3, 0.4) is 0 Å². The zero-order chi connectivity index (χ0) is 24.1. The molecular formula is C28H32N2O2S2. The van der Waals surface area contributed by atoms with Crippen LogP contribution in [0.15, 0.2) is 64.3 Å². The molecule has 5 rings (SSSR count). The lowest BCUT2D eigenvalue weighted by molar-refractivity contribution is -0.144. The number of benzene rings is 2. The molecule has 178 valence electrons. The smallest absolute Gasteiger partial charge is 0.308 e. The van der Waals surface area contributed by atoms with Gasteiger partial charge in [0.1, 0.15) is 0 Å². The highest BCUT2D eigenvalue weighted by Crippen LogP contribution is 2.28. The van der Waals surface area contributed by atoms with Crippen LogP contribution in [-0.4, -0.2) is 31.5 Å². The van der Waals surface area contributed by atoms with Gasteiger partial charge < -0.3 is 10.1 Å². The van der Waals surface area contributed by atoms with Crippen molar-refractivity contribution in [3.8, 4) is 0 Å². The molecule has 0 spiro atoms. The van der Waals surface area contributed by atoms with E-state index in [9.17, 15) is 4.79 Å². The fourth-order valence-electron chi connectivity index (χ4n) is 4.35. The summed E-state index contributed by atoms with van der Waals surface area (Å²) in [6.45, 7) is 7.26. The summed E-state index contributed by atoms with van der Waals surface area (Å²) >= 11 is 3.56. The van der Waals surface area contributed by atoms with Crippen LogP contribution in [0, 0.1) is 11.8 Å².